The van der Waals surface area contributed by atoms with Crippen LogP contribution in [0, 0.1) is 11.8 Å². The summed E-state index contributed by atoms with van der Waals surface area (Å²) in [5, 5.41) is 0. The Kier molecular flexibility index (Phi) is 6.26. The summed E-state index contributed by atoms with van der Waals surface area (Å²) < 4.78 is 5.30. The van der Waals surface area contributed by atoms with E-state index >= 15 is 0 Å². The third-order valence-electron chi connectivity index (χ3n) is 4.83. The van der Waals surface area contributed by atoms with E-state index in [0.717, 1.165) is 12.3 Å². The molecule has 0 spiro atoms. The van der Waals surface area contributed by atoms with Crippen LogP contribution in [0.1, 0.15) is 62.7 Å². The minimum Gasteiger partial charge on any atom is -0.496 e. The number of ketones is 1. The second-order valence-electron chi connectivity index (χ2n) is 6.50. The van der Waals surface area contributed by atoms with Gasteiger partial charge in [0.05, 0.1) is 18.6 Å². The van der Waals surface area contributed by atoms with Crippen LogP contribution in [0.15, 0.2) is 29.8 Å². The number of allylic oxidation sites excluding steroid dienone is 2. The lowest BCUT2D eigenvalue weighted by molar-refractivity contribution is 0.0971. The Morgan fingerprint density at radius 2 is 2.09 bits per heavy atom. The summed E-state index contributed by atoms with van der Waals surface area (Å²) in [4.78, 5) is 12.6. The molecular weight excluding hydrogens is 286 g/mol. The van der Waals surface area contributed by atoms with E-state index in [1.807, 2.05) is 0 Å². The predicted octanol–water partition coefficient (Wildman–Crippen LogP) is 5.01. The molecule has 126 valence electrons. The number of hydrogen-bond donors (Lipinski definition) is 1. The maximum atomic E-state index is 12.6. The molecule has 0 saturated carbocycles. The maximum absolute atomic E-state index is 12.6. The van der Waals surface area contributed by atoms with Crippen LogP contribution in [0.25, 0.3) is 0 Å². The Labute approximate surface area is 139 Å². The van der Waals surface area contributed by atoms with E-state index in [2.05, 4.69) is 19.9 Å². The highest BCUT2D eigenvalue weighted by Gasteiger charge is 2.33. The molecule has 2 unspecified atom stereocenters. The van der Waals surface area contributed by atoms with Crippen molar-refractivity contribution in [3.8, 4) is 5.75 Å². The number of carbonyl (C=O) groups is 1. The normalized spacial score (nSPS) is 17.5. The number of rotatable bonds is 10. The molecule has 0 saturated heterocycles. The van der Waals surface area contributed by atoms with Gasteiger partial charge in [-0.05, 0) is 30.9 Å². The minimum absolute atomic E-state index is 0.0174. The number of unbranched alkanes of at least 4 members (excludes halogenated alkanes) is 1. The maximum Gasteiger partial charge on any atom is 0.177 e. The third kappa shape index (κ3) is 4.60. The number of nitrogens with two attached hydrogens (primary N) is 1. The zero-order valence-electron chi connectivity index (χ0n) is 14.6. The van der Waals surface area contributed by atoms with Crippen molar-refractivity contribution in [2.45, 2.75) is 52.4 Å². The molecule has 3 nitrogen and oxygen atoms in total. The SMILES string of the molecule is CCCCC(CC)CCC1=CC1C(=O)c1ccc(N)cc1OC. The third-order valence-corrected chi connectivity index (χ3v) is 4.83. The number of methoxy groups -OCH3 is 1. The molecule has 0 aromatic heterocycles. The van der Waals surface area contributed by atoms with Crippen LogP contribution in [0.5, 0.6) is 5.75 Å². The first-order chi connectivity index (χ1) is 11.1. The van der Waals surface area contributed by atoms with Gasteiger partial charge in [0.1, 0.15) is 5.75 Å². The van der Waals surface area contributed by atoms with Gasteiger partial charge in [-0.1, -0.05) is 51.2 Å². The average molecular weight is 315 g/mol. The largest absolute Gasteiger partial charge is 0.496 e. The van der Waals surface area contributed by atoms with E-state index in [1.54, 1.807) is 25.3 Å². The van der Waals surface area contributed by atoms with Crippen molar-refractivity contribution < 1.29 is 9.53 Å². The lowest BCUT2D eigenvalue weighted by atomic mass is 9.92. The summed E-state index contributed by atoms with van der Waals surface area (Å²) in [5.74, 6) is 1.48. The number of benzene rings is 1. The summed E-state index contributed by atoms with van der Waals surface area (Å²) in [6, 6.07) is 5.25. The van der Waals surface area contributed by atoms with Crippen molar-refractivity contribution in [1.29, 1.82) is 0 Å². The molecule has 0 heterocycles. The number of nitrogen functional groups attached to an aromatic ring is 1. The van der Waals surface area contributed by atoms with Crippen molar-refractivity contribution >= 4 is 11.5 Å². The molecule has 0 aliphatic heterocycles. The smallest absolute Gasteiger partial charge is 0.177 e. The predicted molar refractivity (Wildman–Crippen MR) is 95.8 cm³/mol. The second kappa shape index (κ2) is 8.19. The minimum atomic E-state index is -0.0174. The molecule has 1 aliphatic carbocycles. The van der Waals surface area contributed by atoms with Gasteiger partial charge in [-0.25, -0.2) is 0 Å². The Bertz CT molecular complexity index is 577. The number of hydrogen-bond acceptors (Lipinski definition) is 3. The summed E-state index contributed by atoms with van der Waals surface area (Å²) in [6.45, 7) is 4.51. The highest BCUT2D eigenvalue weighted by Crippen LogP contribution is 2.39. The van der Waals surface area contributed by atoms with E-state index in [0.29, 0.717) is 17.0 Å². The highest BCUT2D eigenvalue weighted by molar-refractivity contribution is 6.05. The van der Waals surface area contributed by atoms with Crippen LogP contribution in [-0.2, 0) is 0 Å². The highest BCUT2D eigenvalue weighted by atomic mass is 16.5. The van der Waals surface area contributed by atoms with Gasteiger partial charge in [0.15, 0.2) is 5.78 Å². The Morgan fingerprint density at radius 3 is 2.74 bits per heavy atom. The molecule has 2 N–H and O–H groups in total. The number of anilines is 1. The first kappa shape index (κ1) is 17.6. The zero-order chi connectivity index (χ0) is 16.8. The van der Waals surface area contributed by atoms with Gasteiger partial charge in [0.2, 0.25) is 0 Å². The Hall–Kier alpha value is -1.77. The molecular formula is C20H29NO2. The second-order valence-corrected chi connectivity index (χ2v) is 6.50. The summed E-state index contributed by atoms with van der Waals surface area (Å²) in [5.41, 5.74) is 8.30. The number of Topliss-reactive ketones (excluding diaryl/α,β-unsaturated/α-hetero) is 1. The topological polar surface area (TPSA) is 52.3 Å². The first-order valence-electron chi connectivity index (χ1n) is 8.79. The summed E-state index contributed by atoms with van der Waals surface area (Å²) >= 11 is 0. The van der Waals surface area contributed by atoms with Gasteiger partial charge in [-0.3, -0.25) is 4.79 Å². The average Bonchev–Trinajstić information content (AvgIpc) is 3.34. The van der Waals surface area contributed by atoms with Gasteiger partial charge >= 0.3 is 0 Å². The standard InChI is InChI=1S/C20H29NO2/c1-4-6-7-14(5-2)8-9-15-12-18(15)20(22)17-11-10-16(21)13-19(17)23-3/h10-14,18H,4-9,21H2,1-3H3. The summed E-state index contributed by atoms with van der Waals surface area (Å²) in [6.07, 6.45) is 9.47. The molecule has 0 bridgehead atoms. The van der Waals surface area contributed by atoms with Gasteiger partial charge < -0.3 is 10.5 Å². The van der Waals surface area contributed by atoms with Crippen LogP contribution in [0.2, 0.25) is 0 Å². The number of carbonyl (C=O) groups excluding carboxylic acids is 1. The fourth-order valence-corrected chi connectivity index (χ4v) is 3.14. The van der Waals surface area contributed by atoms with Crippen molar-refractivity contribution in [2.24, 2.45) is 11.8 Å². The fraction of sp³-hybridized carbons (Fsp3) is 0.550. The molecule has 3 heteroatoms. The van der Waals surface area contributed by atoms with Crippen molar-refractivity contribution in [2.75, 3.05) is 12.8 Å². The molecule has 1 aromatic carbocycles. The molecule has 2 atom stereocenters. The van der Waals surface area contributed by atoms with Crippen molar-refractivity contribution in [3.05, 3.63) is 35.4 Å². The van der Waals surface area contributed by atoms with Crippen LogP contribution in [-0.4, -0.2) is 12.9 Å². The summed E-state index contributed by atoms with van der Waals surface area (Å²) in [7, 11) is 1.58. The van der Waals surface area contributed by atoms with Crippen LogP contribution in [0.4, 0.5) is 5.69 Å². The molecule has 2 rings (SSSR count). The van der Waals surface area contributed by atoms with Gasteiger partial charge in [0.25, 0.3) is 0 Å². The van der Waals surface area contributed by atoms with E-state index in [9.17, 15) is 4.79 Å². The quantitative estimate of drug-likeness (QED) is 0.375. The van der Waals surface area contributed by atoms with Crippen molar-refractivity contribution in [3.63, 3.8) is 0 Å². The molecule has 0 amide bonds. The van der Waals surface area contributed by atoms with Crippen LogP contribution < -0.4 is 10.5 Å². The van der Waals surface area contributed by atoms with Gasteiger partial charge in [0, 0.05) is 11.8 Å². The van der Waals surface area contributed by atoms with Gasteiger partial charge in [-0.2, -0.15) is 0 Å². The lowest BCUT2D eigenvalue weighted by Crippen LogP contribution is -2.07. The molecule has 23 heavy (non-hydrogen) atoms. The number of ether oxygens (including phenoxy) is 1. The van der Waals surface area contributed by atoms with E-state index in [4.69, 9.17) is 10.5 Å². The molecule has 1 aromatic rings. The zero-order valence-corrected chi connectivity index (χ0v) is 14.6. The van der Waals surface area contributed by atoms with Crippen molar-refractivity contribution in [1.82, 2.24) is 0 Å². The lowest BCUT2D eigenvalue weighted by Gasteiger charge is -2.13. The van der Waals surface area contributed by atoms with E-state index in [1.165, 1.54) is 37.7 Å². The molecule has 1 aliphatic rings. The monoisotopic (exact) mass is 315 g/mol. The van der Waals surface area contributed by atoms with Gasteiger partial charge in [-0.15, -0.1) is 0 Å². The van der Waals surface area contributed by atoms with Crippen LogP contribution >= 0.6 is 0 Å². The fourth-order valence-electron chi connectivity index (χ4n) is 3.14. The molecule has 0 radical (unpaired) electrons. The van der Waals surface area contributed by atoms with E-state index in [-0.39, 0.29) is 11.7 Å². The van der Waals surface area contributed by atoms with E-state index < -0.39 is 0 Å². The molecule has 0 fully saturated rings. The van der Waals surface area contributed by atoms with Crippen LogP contribution in [0.3, 0.4) is 0 Å². The first-order valence-corrected chi connectivity index (χ1v) is 8.79. The Morgan fingerprint density at radius 1 is 1.30 bits per heavy atom. The Balaban J connectivity index is 1.88.